The van der Waals surface area contributed by atoms with Gasteiger partial charge in [-0.3, -0.25) is 4.68 Å². The van der Waals surface area contributed by atoms with E-state index in [1.165, 1.54) is 17.1 Å². The van der Waals surface area contributed by atoms with E-state index in [2.05, 4.69) is 20.4 Å². The van der Waals surface area contributed by atoms with Crippen LogP contribution in [0.2, 0.25) is 0 Å². The second-order valence-corrected chi connectivity index (χ2v) is 7.63. The molecule has 12 heteroatoms. The van der Waals surface area contributed by atoms with Gasteiger partial charge in [-0.25, -0.2) is 18.5 Å². The Labute approximate surface area is 154 Å². The molecule has 1 N–H and O–H groups in total. The summed E-state index contributed by atoms with van der Waals surface area (Å²) in [5, 5.41) is 6.96. The van der Waals surface area contributed by atoms with Crippen molar-refractivity contribution < 1.29 is 17.4 Å². The number of piperidine rings is 1. The fraction of sp³-hybridized carbons (Fsp3) is 0.500. The van der Waals surface area contributed by atoms with E-state index in [0.717, 1.165) is 6.20 Å². The molecule has 0 aromatic carbocycles. The van der Waals surface area contributed by atoms with Gasteiger partial charge in [0.05, 0.1) is 11.9 Å². The summed E-state index contributed by atoms with van der Waals surface area (Å²) in [6.07, 6.45) is 0.265. The molecule has 1 atom stereocenters. The van der Waals surface area contributed by atoms with Crippen molar-refractivity contribution in [1.29, 1.82) is 0 Å². The summed E-state index contributed by atoms with van der Waals surface area (Å²) in [7, 11) is 5.63. The van der Waals surface area contributed by atoms with Crippen LogP contribution in [0.15, 0.2) is 18.6 Å². The molecule has 0 aliphatic carbocycles. The van der Waals surface area contributed by atoms with Crippen molar-refractivity contribution in [2.75, 3.05) is 18.4 Å². The van der Waals surface area contributed by atoms with Crippen molar-refractivity contribution in [3.05, 3.63) is 24.2 Å². The van der Waals surface area contributed by atoms with Crippen LogP contribution in [0.3, 0.4) is 0 Å². The van der Waals surface area contributed by atoms with Crippen molar-refractivity contribution in [3.8, 4) is 11.3 Å². The number of hydrogen-bond acceptors (Lipinski definition) is 5. The monoisotopic (exact) mass is 408 g/mol. The number of aromatic nitrogens is 4. The fourth-order valence-electron chi connectivity index (χ4n) is 2.75. The third-order valence-electron chi connectivity index (χ3n) is 4.06. The smallest absolute Gasteiger partial charge is 0.351 e. The van der Waals surface area contributed by atoms with Gasteiger partial charge in [0.15, 0.2) is 10.2 Å². The van der Waals surface area contributed by atoms with Gasteiger partial charge in [-0.2, -0.15) is 18.3 Å². The largest absolute Gasteiger partial charge is 0.419 e. The number of rotatable bonds is 4. The number of anilines is 1. The van der Waals surface area contributed by atoms with Crippen LogP contribution in [-0.4, -0.2) is 47.4 Å². The summed E-state index contributed by atoms with van der Waals surface area (Å²) in [4.78, 5) is 7.89. The third kappa shape index (κ3) is 4.33. The van der Waals surface area contributed by atoms with Gasteiger partial charge < -0.3 is 5.32 Å². The van der Waals surface area contributed by atoms with Gasteiger partial charge in [-0.15, -0.1) is 0 Å². The molecule has 0 saturated carbocycles. The minimum Gasteiger partial charge on any atom is -0.351 e. The molecule has 2 aromatic heterocycles. The number of nitrogens with one attached hydrogen (secondary N) is 1. The fourth-order valence-corrected chi connectivity index (χ4v) is 3.66. The van der Waals surface area contributed by atoms with Gasteiger partial charge in [0.2, 0.25) is 5.95 Å². The highest BCUT2D eigenvalue weighted by atomic mass is 35.7. The predicted octanol–water partition coefficient (Wildman–Crippen LogP) is 2.59. The van der Waals surface area contributed by atoms with E-state index >= 15 is 0 Å². The second-order valence-electron chi connectivity index (χ2n) is 5.91. The van der Waals surface area contributed by atoms with Crippen LogP contribution in [0.1, 0.15) is 18.4 Å². The maximum atomic E-state index is 13.3. The first-order valence-corrected chi connectivity index (χ1v) is 9.70. The van der Waals surface area contributed by atoms with Crippen molar-refractivity contribution in [2.45, 2.75) is 25.1 Å². The van der Waals surface area contributed by atoms with E-state index in [1.807, 2.05) is 0 Å². The minimum atomic E-state index is -4.57. The number of halogens is 4. The first-order chi connectivity index (χ1) is 12.2. The Bertz CT molecular complexity index is 806. The molecule has 1 saturated heterocycles. The van der Waals surface area contributed by atoms with Gasteiger partial charge in [0.25, 0.3) is 0 Å². The molecule has 0 amide bonds. The Morgan fingerprint density at radius 3 is 2.54 bits per heavy atom. The zero-order chi connectivity index (χ0) is 18.9. The van der Waals surface area contributed by atoms with E-state index in [1.54, 1.807) is 11.4 Å². The predicted molar refractivity (Wildman–Crippen MR) is 91.4 cm³/mol. The molecule has 26 heavy (non-hydrogen) atoms. The van der Waals surface area contributed by atoms with Gasteiger partial charge in [-0.1, -0.05) is 0 Å². The molecular weight excluding hydrogens is 393 g/mol. The van der Waals surface area contributed by atoms with Crippen LogP contribution in [0.4, 0.5) is 19.1 Å². The first kappa shape index (κ1) is 19.1. The molecule has 1 fully saturated rings. The zero-order valence-corrected chi connectivity index (χ0v) is 15.3. The Balaban J connectivity index is 1.82. The van der Waals surface area contributed by atoms with Crippen molar-refractivity contribution >= 4 is 26.8 Å². The van der Waals surface area contributed by atoms with Crippen molar-refractivity contribution in [2.24, 2.45) is 7.05 Å². The average molecular weight is 409 g/mol. The summed E-state index contributed by atoms with van der Waals surface area (Å²) in [6.45, 7) is 1.04. The van der Waals surface area contributed by atoms with E-state index in [9.17, 15) is 17.4 Å². The number of nitrogens with zero attached hydrogens (tertiary/aromatic N) is 5. The summed E-state index contributed by atoms with van der Waals surface area (Å²) >= 11 is 0. The van der Waals surface area contributed by atoms with E-state index in [4.69, 9.17) is 10.7 Å². The molecule has 1 aliphatic heterocycles. The summed E-state index contributed by atoms with van der Waals surface area (Å²) in [5.74, 6) is 0.113. The number of alkyl halides is 3. The maximum Gasteiger partial charge on any atom is 0.419 e. The summed E-state index contributed by atoms with van der Waals surface area (Å²) in [6, 6.07) is -0.0371. The SMILES string of the molecule is Cn1cc(-c2nc(NC3CCN(S(=O)Cl)CC3)ncc2C(F)(F)F)cn1. The molecule has 0 spiro atoms. The number of aryl methyl sites for hydroxylation is 1. The molecular formula is C14H16ClF3N6OS. The lowest BCUT2D eigenvalue weighted by Gasteiger charge is -2.29. The van der Waals surface area contributed by atoms with E-state index in [-0.39, 0.29) is 23.2 Å². The van der Waals surface area contributed by atoms with Crippen LogP contribution < -0.4 is 5.32 Å². The van der Waals surface area contributed by atoms with Gasteiger partial charge in [0.1, 0.15) is 5.56 Å². The van der Waals surface area contributed by atoms with Gasteiger partial charge >= 0.3 is 6.18 Å². The standard InChI is InChI=1S/C14H16ClF3N6OS/c1-23-8-9(6-20-23)12-11(14(16,17)18)7-19-13(22-12)21-10-2-4-24(5-3-10)26(15)25/h6-8,10H,2-5H2,1H3,(H,19,21,22). The summed E-state index contributed by atoms with van der Waals surface area (Å²) < 4.78 is 54.1. The quantitative estimate of drug-likeness (QED) is 0.787. The molecule has 0 bridgehead atoms. The highest BCUT2D eigenvalue weighted by Crippen LogP contribution is 2.36. The van der Waals surface area contributed by atoms with Crippen LogP contribution >= 0.6 is 10.7 Å². The molecule has 0 radical (unpaired) electrons. The Hall–Kier alpha value is -1.72. The minimum absolute atomic E-state index is 0.0371. The lowest BCUT2D eigenvalue weighted by molar-refractivity contribution is -0.137. The molecule has 1 unspecified atom stereocenters. The highest BCUT2D eigenvalue weighted by molar-refractivity contribution is 8.06. The average Bonchev–Trinajstić information content (AvgIpc) is 3.01. The van der Waals surface area contributed by atoms with Gasteiger partial charge in [-0.05, 0) is 12.8 Å². The second kappa shape index (κ2) is 7.49. The Morgan fingerprint density at radius 2 is 2.00 bits per heavy atom. The van der Waals surface area contributed by atoms with Crippen LogP contribution in [0.5, 0.6) is 0 Å². The first-order valence-electron chi connectivity index (χ1n) is 7.77. The van der Waals surface area contributed by atoms with E-state index in [0.29, 0.717) is 25.9 Å². The molecule has 142 valence electrons. The lowest BCUT2D eigenvalue weighted by Crippen LogP contribution is -2.39. The topological polar surface area (TPSA) is 75.9 Å². The summed E-state index contributed by atoms with van der Waals surface area (Å²) in [5.41, 5.74) is -0.872. The molecule has 2 aromatic rings. The van der Waals surface area contributed by atoms with Crippen LogP contribution in [0, 0.1) is 0 Å². The number of hydrogen-bond donors (Lipinski definition) is 1. The Morgan fingerprint density at radius 1 is 1.31 bits per heavy atom. The van der Waals surface area contributed by atoms with Gasteiger partial charge in [0, 0.05) is 54.8 Å². The van der Waals surface area contributed by atoms with Crippen LogP contribution in [-0.2, 0) is 23.4 Å². The zero-order valence-electron chi connectivity index (χ0n) is 13.7. The van der Waals surface area contributed by atoms with Crippen molar-refractivity contribution in [1.82, 2.24) is 24.1 Å². The molecule has 3 heterocycles. The van der Waals surface area contributed by atoms with Crippen LogP contribution in [0.25, 0.3) is 11.3 Å². The lowest BCUT2D eigenvalue weighted by atomic mass is 10.1. The van der Waals surface area contributed by atoms with Crippen molar-refractivity contribution in [3.63, 3.8) is 0 Å². The normalized spacial score (nSPS) is 18.0. The van der Waals surface area contributed by atoms with E-state index < -0.39 is 21.9 Å². The molecule has 3 rings (SSSR count). The Kier molecular flexibility index (Phi) is 5.49. The maximum absolute atomic E-state index is 13.3. The highest BCUT2D eigenvalue weighted by Gasteiger charge is 2.36. The molecule has 7 nitrogen and oxygen atoms in total. The molecule has 1 aliphatic rings. The third-order valence-corrected chi connectivity index (χ3v) is 5.42.